The molecule has 0 saturated carbocycles. The van der Waals surface area contributed by atoms with Crippen molar-refractivity contribution in [3.8, 4) is 0 Å². The molecule has 178 valence electrons. The summed E-state index contributed by atoms with van der Waals surface area (Å²) >= 11 is 0. The lowest BCUT2D eigenvalue weighted by atomic mass is 10.1. The minimum absolute atomic E-state index is 0.124. The van der Waals surface area contributed by atoms with Gasteiger partial charge in [-0.1, -0.05) is 79.4 Å². The Bertz CT molecular complexity index is 1450. The number of benzene rings is 3. The molecule has 0 aliphatic carbocycles. The van der Waals surface area contributed by atoms with Gasteiger partial charge >= 0.3 is 0 Å². The van der Waals surface area contributed by atoms with Crippen molar-refractivity contribution in [1.29, 1.82) is 0 Å². The standard InChI is InChI=1S/C28H26N2O4S/c1-21(34-18-22-9-3-2-4-10-22)26-20-33-19-25-12-6-5-11-24(25)17-30(26)35(31,32)27-15-7-13-23-14-8-16-29-28(23)27/h2-16,26H,1,17-20H2/t26-/m0/s1. The molecular formula is C28H26N2O4S. The van der Waals surface area contributed by atoms with Gasteiger partial charge in [0.05, 0.1) is 18.7 Å². The summed E-state index contributed by atoms with van der Waals surface area (Å²) in [6, 6.07) is 25.5. The molecule has 0 bridgehead atoms. The number of rotatable bonds is 6. The Labute approximate surface area is 205 Å². The number of hydrogen-bond acceptors (Lipinski definition) is 5. The van der Waals surface area contributed by atoms with E-state index in [2.05, 4.69) is 11.6 Å². The van der Waals surface area contributed by atoms with E-state index in [9.17, 15) is 8.42 Å². The SMILES string of the molecule is C=C(OCc1ccccc1)[C@@H]1COCc2ccccc2CN1S(=O)(=O)c1cccc2cccnc12. The fourth-order valence-electron chi connectivity index (χ4n) is 4.26. The first kappa shape index (κ1) is 23.2. The van der Waals surface area contributed by atoms with E-state index in [-0.39, 0.29) is 24.7 Å². The Balaban J connectivity index is 1.55. The summed E-state index contributed by atoms with van der Waals surface area (Å²) in [6.45, 7) is 5.09. The molecule has 0 N–H and O–H groups in total. The zero-order valence-electron chi connectivity index (χ0n) is 19.2. The molecule has 5 rings (SSSR count). The van der Waals surface area contributed by atoms with Crippen molar-refractivity contribution in [3.63, 3.8) is 0 Å². The summed E-state index contributed by atoms with van der Waals surface area (Å²) in [5.74, 6) is 0.338. The summed E-state index contributed by atoms with van der Waals surface area (Å²) in [4.78, 5) is 4.53. The van der Waals surface area contributed by atoms with Gasteiger partial charge < -0.3 is 9.47 Å². The molecular weight excluding hydrogens is 460 g/mol. The van der Waals surface area contributed by atoms with Crippen molar-refractivity contribution in [2.24, 2.45) is 0 Å². The van der Waals surface area contributed by atoms with Crippen molar-refractivity contribution < 1.29 is 17.9 Å². The summed E-state index contributed by atoms with van der Waals surface area (Å²) in [7, 11) is -4.00. The van der Waals surface area contributed by atoms with Crippen LogP contribution in [0.3, 0.4) is 0 Å². The number of hydrogen-bond donors (Lipinski definition) is 0. The van der Waals surface area contributed by atoms with E-state index < -0.39 is 16.1 Å². The van der Waals surface area contributed by atoms with E-state index in [4.69, 9.17) is 9.47 Å². The second-order valence-corrected chi connectivity index (χ2v) is 10.3. The van der Waals surface area contributed by atoms with Gasteiger partial charge in [0.25, 0.3) is 0 Å². The fraction of sp³-hybridized carbons (Fsp3) is 0.179. The molecule has 2 heterocycles. The van der Waals surface area contributed by atoms with Crippen LogP contribution in [0.5, 0.6) is 0 Å². The highest BCUT2D eigenvalue weighted by Crippen LogP contribution is 2.31. The van der Waals surface area contributed by atoms with Crippen LogP contribution in [0.2, 0.25) is 0 Å². The molecule has 1 aromatic heterocycles. The molecule has 3 aromatic carbocycles. The number of fused-ring (bicyclic) bond motifs is 2. The van der Waals surface area contributed by atoms with Crippen molar-refractivity contribution in [1.82, 2.24) is 9.29 Å². The van der Waals surface area contributed by atoms with E-state index in [1.807, 2.05) is 66.7 Å². The van der Waals surface area contributed by atoms with Crippen LogP contribution in [0.15, 0.2) is 108 Å². The van der Waals surface area contributed by atoms with Crippen LogP contribution in [0.4, 0.5) is 0 Å². The molecule has 7 heteroatoms. The number of ether oxygens (including phenoxy) is 2. The van der Waals surface area contributed by atoms with Gasteiger partial charge in [-0.05, 0) is 28.8 Å². The largest absolute Gasteiger partial charge is 0.492 e. The Morgan fingerprint density at radius 2 is 1.71 bits per heavy atom. The highest BCUT2D eigenvalue weighted by Gasteiger charge is 2.37. The predicted molar refractivity (Wildman–Crippen MR) is 135 cm³/mol. The van der Waals surface area contributed by atoms with Crippen molar-refractivity contribution >= 4 is 20.9 Å². The summed E-state index contributed by atoms with van der Waals surface area (Å²) in [5.41, 5.74) is 3.24. The van der Waals surface area contributed by atoms with E-state index in [0.717, 1.165) is 22.1 Å². The molecule has 1 atom stereocenters. The third-order valence-corrected chi connectivity index (χ3v) is 8.03. The Morgan fingerprint density at radius 1 is 0.971 bits per heavy atom. The zero-order chi connectivity index (χ0) is 24.3. The number of para-hydroxylation sites is 1. The summed E-state index contributed by atoms with van der Waals surface area (Å²) in [6.07, 6.45) is 1.60. The van der Waals surface area contributed by atoms with Crippen LogP contribution in [0.1, 0.15) is 16.7 Å². The number of sulfonamides is 1. The van der Waals surface area contributed by atoms with Crippen molar-refractivity contribution in [2.75, 3.05) is 6.61 Å². The minimum Gasteiger partial charge on any atom is -0.492 e. The lowest BCUT2D eigenvalue weighted by Gasteiger charge is -2.34. The van der Waals surface area contributed by atoms with E-state index in [0.29, 0.717) is 17.9 Å². The van der Waals surface area contributed by atoms with Gasteiger partial charge in [0, 0.05) is 18.1 Å². The summed E-state index contributed by atoms with van der Waals surface area (Å²) in [5, 5.41) is 0.757. The normalized spacial score (nSPS) is 16.7. The maximum absolute atomic E-state index is 14.2. The van der Waals surface area contributed by atoms with Crippen molar-refractivity contribution in [3.05, 3.63) is 120 Å². The quantitative estimate of drug-likeness (QED) is 0.357. The molecule has 0 amide bonds. The maximum atomic E-state index is 14.2. The van der Waals surface area contributed by atoms with E-state index >= 15 is 0 Å². The molecule has 6 nitrogen and oxygen atoms in total. The molecule has 1 aliphatic heterocycles. The number of aromatic nitrogens is 1. The highest BCUT2D eigenvalue weighted by atomic mass is 32.2. The topological polar surface area (TPSA) is 68.7 Å². The third kappa shape index (κ3) is 4.84. The van der Waals surface area contributed by atoms with Crippen LogP contribution < -0.4 is 0 Å². The summed E-state index contributed by atoms with van der Waals surface area (Å²) < 4.78 is 41.8. The second kappa shape index (κ2) is 10.00. The molecule has 4 aromatic rings. The monoisotopic (exact) mass is 486 g/mol. The van der Waals surface area contributed by atoms with Gasteiger partial charge in [-0.25, -0.2) is 8.42 Å². The first-order valence-electron chi connectivity index (χ1n) is 11.4. The average Bonchev–Trinajstić information content (AvgIpc) is 2.88. The Kier molecular flexibility index (Phi) is 6.63. The Hall–Kier alpha value is -3.52. The molecule has 0 saturated heterocycles. The highest BCUT2D eigenvalue weighted by molar-refractivity contribution is 7.89. The Morgan fingerprint density at radius 3 is 2.54 bits per heavy atom. The average molecular weight is 487 g/mol. The molecule has 0 spiro atoms. The van der Waals surface area contributed by atoms with E-state index in [1.54, 1.807) is 24.4 Å². The molecule has 1 aliphatic rings. The smallest absolute Gasteiger partial charge is 0.246 e. The lowest BCUT2D eigenvalue weighted by Crippen LogP contribution is -2.45. The van der Waals surface area contributed by atoms with Crippen LogP contribution in [0.25, 0.3) is 10.9 Å². The maximum Gasteiger partial charge on any atom is 0.246 e. The first-order chi connectivity index (χ1) is 17.0. The zero-order valence-corrected chi connectivity index (χ0v) is 20.0. The lowest BCUT2D eigenvalue weighted by molar-refractivity contribution is 0.0498. The first-order valence-corrected chi connectivity index (χ1v) is 12.8. The van der Waals surface area contributed by atoms with E-state index in [1.165, 1.54) is 4.31 Å². The van der Waals surface area contributed by atoms with Gasteiger partial charge in [0.1, 0.15) is 23.3 Å². The van der Waals surface area contributed by atoms with Crippen LogP contribution >= 0.6 is 0 Å². The second-order valence-electron chi connectivity index (χ2n) is 8.42. The number of nitrogens with zero attached hydrogens (tertiary/aromatic N) is 2. The van der Waals surface area contributed by atoms with Crippen LogP contribution in [-0.4, -0.2) is 30.4 Å². The molecule has 0 radical (unpaired) electrons. The number of pyridine rings is 1. The predicted octanol–water partition coefficient (Wildman–Crippen LogP) is 5.06. The molecule has 0 unspecified atom stereocenters. The van der Waals surface area contributed by atoms with Gasteiger partial charge in [-0.15, -0.1) is 0 Å². The van der Waals surface area contributed by atoms with Crippen LogP contribution in [-0.2, 0) is 39.3 Å². The third-order valence-electron chi connectivity index (χ3n) is 6.15. The van der Waals surface area contributed by atoms with Gasteiger partial charge in [0.15, 0.2) is 0 Å². The van der Waals surface area contributed by atoms with Gasteiger partial charge in [-0.3, -0.25) is 4.98 Å². The molecule has 0 fully saturated rings. The fourth-order valence-corrected chi connectivity index (χ4v) is 6.00. The minimum atomic E-state index is -4.00. The van der Waals surface area contributed by atoms with Gasteiger partial charge in [-0.2, -0.15) is 4.31 Å². The van der Waals surface area contributed by atoms with Crippen LogP contribution in [0, 0.1) is 0 Å². The molecule has 35 heavy (non-hydrogen) atoms. The van der Waals surface area contributed by atoms with Crippen molar-refractivity contribution in [2.45, 2.75) is 30.7 Å². The van der Waals surface area contributed by atoms with Gasteiger partial charge in [0.2, 0.25) is 10.0 Å².